The van der Waals surface area contributed by atoms with Crippen LogP contribution in [0.25, 0.3) is 0 Å². The normalized spacial score (nSPS) is 17.2. The van der Waals surface area contributed by atoms with Crippen LogP contribution in [0.5, 0.6) is 0 Å². The first-order valence-electron chi connectivity index (χ1n) is 3.97. The minimum atomic E-state index is -6.60. The van der Waals surface area contributed by atoms with Gasteiger partial charge in [-0.3, -0.25) is 0 Å². The molecule has 0 N–H and O–H groups in total. The van der Waals surface area contributed by atoms with E-state index in [2.05, 4.69) is 0 Å². The van der Waals surface area contributed by atoms with Crippen molar-refractivity contribution in [2.24, 2.45) is 0 Å². The monoisotopic (exact) mass is 552 g/mol. The van der Waals surface area contributed by atoms with E-state index in [1.54, 1.807) is 0 Å². The van der Waals surface area contributed by atoms with Gasteiger partial charge in [0.1, 0.15) is 0 Å². The number of ether oxygens (including phenoxy) is 1. The summed E-state index contributed by atoms with van der Waals surface area (Å²) in [5, 5.41) is 0. The van der Waals surface area contributed by atoms with Crippen molar-refractivity contribution in [1.29, 1.82) is 0 Å². The van der Waals surface area contributed by atoms with Crippen molar-refractivity contribution in [1.82, 2.24) is 0 Å². The van der Waals surface area contributed by atoms with E-state index < -0.39 is 54.8 Å². The van der Waals surface area contributed by atoms with Gasteiger partial charge < -0.3 is 0 Å². The first kappa shape index (κ1) is 20.6. The maximum Gasteiger partial charge on any atom is 0.431 e. The third-order valence-electron chi connectivity index (χ3n) is 1.57. The molecule has 0 saturated carbocycles. The molecule has 0 aromatic heterocycles. The lowest BCUT2D eigenvalue weighted by Gasteiger charge is -2.33. The Morgan fingerprint density at radius 1 is 0.750 bits per heavy atom. The fourth-order valence-electron chi connectivity index (χ4n) is 0.642. The molecule has 122 valence electrons. The van der Waals surface area contributed by atoms with Gasteiger partial charge in [0.15, 0.2) is 0 Å². The van der Waals surface area contributed by atoms with Gasteiger partial charge in [-0.15, -0.1) is 0 Å². The van der Waals surface area contributed by atoms with Crippen LogP contribution in [0.4, 0.5) is 48.3 Å². The van der Waals surface area contributed by atoms with Crippen molar-refractivity contribution in [2.75, 3.05) is 0 Å². The summed E-state index contributed by atoms with van der Waals surface area (Å²) in [4.78, 5) is 0. The lowest BCUT2D eigenvalue weighted by molar-refractivity contribution is -0.459. The van der Waals surface area contributed by atoms with Gasteiger partial charge in [-0.2, -0.15) is 43.9 Å². The van der Waals surface area contributed by atoms with Gasteiger partial charge >= 0.3 is 26.0 Å². The summed E-state index contributed by atoms with van der Waals surface area (Å²) in [6, 6.07) is 0. The zero-order valence-corrected chi connectivity index (χ0v) is 12.7. The first-order chi connectivity index (χ1) is 8.36. The summed E-state index contributed by atoms with van der Waals surface area (Å²) in [7, 11) is 0. The molecule has 0 spiro atoms. The largest absolute Gasteiger partial charge is 0.431 e. The second-order valence-electron chi connectivity index (χ2n) is 3.16. The molecule has 20 heavy (non-hydrogen) atoms. The predicted molar refractivity (Wildman–Crippen MR) is 58.8 cm³/mol. The molecule has 14 heteroatoms. The number of rotatable bonds is 6. The summed E-state index contributed by atoms with van der Waals surface area (Å²) in [6.07, 6.45) is -17.5. The van der Waals surface area contributed by atoms with Crippen molar-refractivity contribution >= 4 is 45.2 Å². The van der Waals surface area contributed by atoms with Gasteiger partial charge in [0.2, 0.25) is 0 Å². The van der Waals surface area contributed by atoms with Crippen LogP contribution in [0.15, 0.2) is 0 Å². The van der Waals surface area contributed by atoms with Crippen LogP contribution >= 0.6 is 45.2 Å². The van der Waals surface area contributed by atoms with Gasteiger partial charge in [-0.25, -0.2) is 9.13 Å². The molecule has 1 unspecified atom stereocenters. The number of hydrogen-bond donors (Lipinski definition) is 0. The Labute approximate surface area is 130 Å². The number of hydrogen-bond acceptors (Lipinski definition) is 1. The minimum absolute atomic E-state index is 0.234. The Hall–Kier alpha value is 0.650. The lowest BCUT2D eigenvalue weighted by atomic mass is 10.3. The van der Waals surface area contributed by atoms with Gasteiger partial charge in [-0.05, 0) is 0 Å². The molecular weight excluding hydrogens is 551 g/mol. The molecule has 0 aliphatic heterocycles. The van der Waals surface area contributed by atoms with Crippen LogP contribution in [0.1, 0.15) is 0 Å². The summed E-state index contributed by atoms with van der Waals surface area (Å²) in [6.45, 7) is 0. The Morgan fingerprint density at radius 2 is 1.10 bits per heavy atom. The van der Waals surface area contributed by atoms with E-state index in [9.17, 15) is 48.3 Å². The molecule has 1 nitrogen and oxygen atoms in total. The topological polar surface area (TPSA) is 9.23 Å². The van der Waals surface area contributed by atoms with E-state index in [-0.39, 0.29) is 22.6 Å². The highest BCUT2D eigenvalue weighted by atomic mass is 127. The molecule has 0 aromatic carbocycles. The first-order valence-corrected chi connectivity index (χ1v) is 6.13. The van der Waals surface area contributed by atoms with E-state index in [0.717, 1.165) is 0 Å². The second kappa shape index (κ2) is 5.69. The smallest absolute Gasteiger partial charge is 0.248 e. The molecule has 0 aliphatic rings. The predicted octanol–water partition coefficient (Wildman–Crippen LogP) is 5.22. The van der Waals surface area contributed by atoms with E-state index >= 15 is 0 Å². The van der Waals surface area contributed by atoms with E-state index in [1.165, 1.54) is 0 Å². The van der Waals surface area contributed by atoms with Crippen LogP contribution in [-0.2, 0) is 4.74 Å². The fourth-order valence-corrected chi connectivity index (χ4v) is 1.32. The summed E-state index contributed by atoms with van der Waals surface area (Å²) in [5.74, 6) is -6.50. The molecule has 0 aliphatic carbocycles. The second-order valence-corrected chi connectivity index (χ2v) is 5.95. The maximum atomic E-state index is 12.6. The Morgan fingerprint density at radius 3 is 1.35 bits per heavy atom. The highest BCUT2D eigenvalue weighted by Crippen LogP contribution is 2.52. The highest BCUT2D eigenvalue weighted by Gasteiger charge is 2.75. The van der Waals surface area contributed by atoms with Crippen LogP contribution in [-0.4, -0.2) is 32.2 Å². The van der Waals surface area contributed by atoms with Crippen molar-refractivity contribution in [3.05, 3.63) is 0 Å². The van der Waals surface area contributed by atoms with Crippen LogP contribution in [0.2, 0.25) is 0 Å². The molecular formula is C6HF11I2O. The van der Waals surface area contributed by atoms with Crippen LogP contribution in [0, 0.1) is 0 Å². The van der Waals surface area contributed by atoms with Crippen LogP contribution in [0.3, 0.4) is 0 Å². The Balaban J connectivity index is 5.39. The van der Waals surface area contributed by atoms with E-state index in [0.29, 0.717) is 0 Å². The zero-order valence-electron chi connectivity index (χ0n) is 8.40. The lowest BCUT2D eigenvalue weighted by Crippen LogP contribution is -2.57. The zero-order chi connectivity index (χ0) is 16.8. The standard InChI is InChI=1S/C6HF11I2O/c7-1(2(8,9)18)3(10,11)20-6(16,17)4(12,13)5(14,15)19/h1H. The van der Waals surface area contributed by atoms with E-state index in [1.807, 2.05) is 4.74 Å². The summed E-state index contributed by atoms with van der Waals surface area (Å²) < 4.78 is 128. The molecule has 0 bridgehead atoms. The van der Waals surface area contributed by atoms with E-state index in [4.69, 9.17) is 0 Å². The van der Waals surface area contributed by atoms with Crippen molar-refractivity contribution in [3.8, 4) is 0 Å². The third-order valence-corrected chi connectivity index (χ3v) is 2.79. The van der Waals surface area contributed by atoms with Crippen molar-refractivity contribution in [3.63, 3.8) is 0 Å². The fraction of sp³-hybridized carbons (Fsp3) is 1.00. The molecule has 0 radical (unpaired) electrons. The highest BCUT2D eigenvalue weighted by molar-refractivity contribution is 14.1. The van der Waals surface area contributed by atoms with Crippen molar-refractivity contribution < 1.29 is 53.0 Å². The molecule has 0 saturated heterocycles. The Bertz CT molecular complexity index is 346. The molecule has 0 heterocycles. The Kier molecular flexibility index (Phi) is 5.88. The van der Waals surface area contributed by atoms with Gasteiger partial charge in [-0.1, -0.05) is 0 Å². The van der Waals surface area contributed by atoms with Gasteiger partial charge in [0.05, 0.1) is 0 Å². The van der Waals surface area contributed by atoms with Crippen molar-refractivity contribution in [2.45, 2.75) is 32.2 Å². The number of alkyl halides is 13. The SMILES string of the molecule is FC(C(F)(F)I)C(F)(F)OC(F)(F)C(F)(F)C(F)(F)I. The third kappa shape index (κ3) is 4.33. The average molecular weight is 552 g/mol. The molecule has 0 fully saturated rings. The molecule has 0 rings (SSSR count). The summed E-state index contributed by atoms with van der Waals surface area (Å²) in [5.41, 5.74) is 0. The van der Waals surface area contributed by atoms with Gasteiger partial charge in [0, 0.05) is 45.2 Å². The molecule has 1 atom stereocenters. The number of halogens is 13. The van der Waals surface area contributed by atoms with Gasteiger partial charge in [0.25, 0.3) is 6.17 Å². The maximum absolute atomic E-state index is 12.6. The average Bonchev–Trinajstić information content (AvgIpc) is 2.11. The molecule has 0 aromatic rings. The quantitative estimate of drug-likeness (QED) is 0.250. The summed E-state index contributed by atoms with van der Waals surface area (Å²) >= 11 is -0.736. The molecule has 0 amide bonds. The van der Waals surface area contributed by atoms with Crippen LogP contribution < -0.4 is 0 Å². The minimum Gasteiger partial charge on any atom is -0.248 e.